The van der Waals surface area contributed by atoms with Gasteiger partial charge in [-0.3, -0.25) is 0 Å². The minimum Gasteiger partial charge on any atom is -0.439 e. The maximum absolute atomic E-state index is 8.00. The number of oxazole rings is 1. The van der Waals surface area contributed by atoms with Crippen LogP contribution in [0.2, 0.25) is 0 Å². The van der Waals surface area contributed by atoms with Gasteiger partial charge < -0.3 is 18.8 Å². The first-order chi connectivity index (χ1) is 17.1. The summed E-state index contributed by atoms with van der Waals surface area (Å²) in [5, 5.41) is 0. The van der Waals surface area contributed by atoms with Crippen molar-refractivity contribution >= 4 is 6.79 Å². The minimum absolute atomic E-state index is 0.279. The van der Waals surface area contributed by atoms with E-state index < -0.39 is 0 Å². The monoisotopic (exact) mass is 481 g/mol. The second-order valence-corrected chi connectivity index (χ2v) is 10.4. The highest BCUT2D eigenvalue weighted by Crippen LogP contribution is 2.40. The maximum Gasteiger partial charge on any atom is 0.202 e. The van der Waals surface area contributed by atoms with Gasteiger partial charge in [-0.1, -0.05) is 74.6 Å². The molecule has 1 aliphatic carbocycles. The van der Waals surface area contributed by atoms with Crippen molar-refractivity contribution < 1.29 is 18.8 Å². The van der Waals surface area contributed by atoms with E-state index in [0.717, 1.165) is 31.3 Å². The number of piperidine rings is 1. The second kappa shape index (κ2) is 14.4. The van der Waals surface area contributed by atoms with Crippen molar-refractivity contribution in [3.63, 3.8) is 0 Å². The Hall–Kier alpha value is -2.24. The number of quaternary nitrogens is 1. The molecule has 2 aliphatic rings. The molecule has 0 amide bonds. The molecule has 1 saturated carbocycles. The Morgan fingerprint density at radius 1 is 1.17 bits per heavy atom. The van der Waals surface area contributed by atoms with Crippen LogP contribution in [0.4, 0.5) is 0 Å². The molecule has 2 fully saturated rings. The van der Waals surface area contributed by atoms with E-state index in [1.807, 2.05) is 13.0 Å². The molecule has 5 nitrogen and oxygen atoms in total. The van der Waals surface area contributed by atoms with Crippen LogP contribution in [0.3, 0.4) is 0 Å². The summed E-state index contributed by atoms with van der Waals surface area (Å²) in [6.07, 6.45) is 13.5. The van der Waals surface area contributed by atoms with E-state index >= 15 is 0 Å². The van der Waals surface area contributed by atoms with E-state index in [4.69, 9.17) is 18.9 Å². The van der Waals surface area contributed by atoms with E-state index in [-0.39, 0.29) is 5.92 Å². The van der Waals surface area contributed by atoms with Crippen LogP contribution in [0.1, 0.15) is 88.8 Å². The van der Waals surface area contributed by atoms with E-state index in [1.54, 1.807) is 4.90 Å². The largest absolute Gasteiger partial charge is 0.439 e. The summed E-state index contributed by atoms with van der Waals surface area (Å²) in [6.45, 7) is 12.4. The highest BCUT2D eigenvalue weighted by Gasteiger charge is 2.33. The van der Waals surface area contributed by atoms with Crippen molar-refractivity contribution in [3.05, 3.63) is 65.4 Å². The van der Waals surface area contributed by atoms with Crippen LogP contribution < -0.4 is 4.90 Å². The summed E-state index contributed by atoms with van der Waals surface area (Å²) in [7, 11) is 0. The number of ether oxygens (including phenoxy) is 1. The normalized spacial score (nSPS) is 23.7. The van der Waals surface area contributed by atoms with Gasteiger partial charge in [-0.15, -0.1) is 0 Å². The third-order valence-corrected chi connectivity index (χ3v) is 7.75. The predicted molar refractivity (Wildman–Crippen MR) is 140 cm³/mol. The van der Waals surface area contributed by atoms with Gasteiger partial charge in [0.2, 0.25) is 5.89 Å². The van der Waals surface area contributed by atoms with Crippen LogP contribution in [0.5, 0.6) is 0 Å². The number of hydrogen-bond acceptors (Lipinski definition) is 4. The summed E-state index contributed by atoms with van der Waals surface area (Å²) in [6, 6.07) is 10.9. The topological polar surface area (TPSA) is 56.8 Å². The molecule has 0 bridgehead atoms. The Balaban J connectivity index is 0.00000167. The predicted octanol–water partition coefficient (Wildman–Crippen LogP) is 5.37. The fourth-order valence-corrected chi connectivity index (χ4v) is 5.83. The van der Waals surface area contributed by atoms with Crippen molar-refractivity contribution in [2.24, 2.45) is 11.8 Å². The van der Waals surface area contributed by atoms with Gasteiger partial charge in [0.1, 0.15) is 26.0 Å². The van der Waals surface area contributed by atoms with Crippen LogP contribution in [-0.2, 0) is 16.1 Å². The summed E-state index contributed by atoms with van der Waals surface area (Å²) in [4.78, 5) is 14.4. The average molecular weight is 482 g/mol. The molecule has 5 heteroatoms. The summed E-state index contributed by atoms with van der Waals surface area (Å²) in [5.74, 6) is 3.52. The van der Waals surface area contributed by atoms with Gasteiger partial charge in [0.25, 0.3) is 0 Å². The zero-order valence-corrected chi connectivity index (χ0v) is 22.0. The zero-order chi connectivity index (χ0) is 25.0. The first kappa shape index (κ1) is 27.3. The Labute approximate surface area is 212 Å². The van der Waals surface area contributed by atoms with Crippen LogP contribution >= 0.6 is 0 Å². The fraction of sp³-hybridized carbons (Fsp3) is 0.600. The number of carbonyl (C=O) groups is 1. The zero-order valence-electron chi connectivity index (χ0n) is 22.0. The van der Waals surface area contributed by atoms with E-state index in [2.05, 4.69) is 57.2 Å². The summed E-state index contributed by atoms with van der Waals surface area (Å²) < 4.78 is 12.8. The number of likely N-dealkylation sites (tertiary alicyclic amines) is 1. The molecule has 1 aromatic carbocycles. The standard InChI is InChI=1S/C29H42N2O2.CH2O/c1-4-23-15-17-31(21-27(23)32-18-16-22(2)3)20-26-19-30-29(33-26)28(24-11-7-5-8-12-24)25-13-9-6-10-14-25;1-2/h5,7-8,11-12,16,19,23,25,27-28H,4,6,9-10,13-15,17-18,20-21H2,1-3H3;1H2/p+1. The van der Waals surface area contributed by atoms with Gasteiger partial charge in [-0.2, -0.15) is 0 Å². The Morgan fingerprint density at radius 2 is 1.91 bits per heavy atom. The molecule has 1 saturated heterocycles. The van der Waals surface area contributed by atoms with Gasteiger partial charge >= 0.3 is 0 Å². The van der Waals surface area contributed by atoms with Gasteiger partial charge in [0.05, 0.1) is 25.3 Å². The lowest BCUT2D eigenvalue weighted by atomic mass is 9.77. The van der Waals surface area contributed by atoms with Gasteiger partial charge in [0.15, 0.2) is 5.76 Å². The molecule has 35 heavy (non-hydrogen) atoms. The van der Waals surface area contributed by atoms with Gasteiger partial charge in [-0.25, -0.2) is 4.98 Å². The lowest BCUT2D eigenvalue weighted by molar-refractivity contribution is -0.924. The van der Waals surface area contributed by atoms with Crippen LogP contribution in [0, 0.1) is 11.8 Å². The Morgan fingerprint density at radius 3 is 2.60 bits per heavy atom. The lowest BCUT2D eigenvalue weighted by Gasteiger charge is -2.35. The molecule has 1 N–H and O–H groups in total. The van der Waals surface area contributed by atoms with Crippen molar-refractivity contribution in [1.82, 2.24) is 4.98 Å². The third kappa shape index (κ3) is 7.88. The number of hydrogen-bond donors (Lipinski definition) is 1. The lowest BCUT2D eigenvalue weighted by Crippen LogP contribution is -3.13. The number of aromatic nitrogens is 1. The number of nitrogens with one attached hydrogen (secondary N) is 1. The molecule has 4 unspecified atom stereocenters. The number of rotatable bonds is 9. The van der Waals surface area contributed by atoms with Gasteiger partial charge in [0, 0.05) is 6.42 Å². The molecular formula is C30H45N2O3+. The molecule has 0 spiro atoms. The number of benzene rings is 1. The van der Waals surface area contributed by atoms with Crippen molar-refractivity contribution in [2.75, 3.05) is 19.7 Å². The number of allylic oxidation sites excluding steroid dienone is 1. The first-order valence-corrected chi connectivity index (χ1v) is 13.5. The molecule has 0 radical (unpaired) electrons. The average Bonchev–Trinajstić information content (AvgIpc) is 3.34. The highest BCUT2D eigenvalue weighted by atomic mass is 16.5. The third-order valence-electron chi connectivity index (χ3n) is 7.75. The van der Waals surface area contributed by atoms with Crippen molar-refractivity contribution in [2.45, 2.75) is 84.3 Å². The second-order valence-electron chi connectivity index (χ2n) is 10.4. The minimum atomic E-state index is 0.279. The molecule has 2 aromatic rings. The molecule has 1 aromatic heterocycles. The molecular weight excluding hydrogens is 436 g/mol. The Bertz CT molecular complexity index is 884. The fourth-order valence-electron chi connectivity index (χ4n) is 5.83. The molecule has 1 aliphatic heterocycles. The van der Waals surface area contributed by atoms with Gasteiger partial charge in [-0.05, 0) is 44.1 Å². The maximum atomic E-state index is 8.00. The highest BCUT2D eigenvalue weighted by molar-refractivity contribution is 5.26. The summed E-state index contributed by atoms with van der Waals surface area (Å²) in [5.41, 5.74) is 2.67. The van der Waals surface area contributed by atoms with Crippen molar-refractivity contribution in [3.8, 4) is 0 Å². The smallest absolute Gasteiger partial charge is 0.202 e. The number of nitrogens with zero attached hydrogens (tertiary/aromatic N) is 1. The first-order valence-electron chi connectivity index (χ1n) is 13.5. The van der Waals surface area contributed by atoms with E-state index in [9.17, 15) is 0 Å². The molecule has 2 heterocycles. The Kier molecular flexibility index (Phi) is 11.2. The van der Waals surface area contributed by atoms with Crippen LogP contribution in [-0.4, -0.2) is 37.6 Å². The molecule has 192 valence electrons. The van der Waals surface area contributed by atoms with Crippen molar-refractivity contribution in [1.29, 1.82) is 0 Å². The quantitative estimate of drug-likeness (QED) is 0.489. The molecule has 4 rings (SSSR count). The number of carbonyl (C=O) groups excluding carboxylic acids is 1. The van der Waals surface area contributed by atoms with E-state index in [0.29, 0.717) is 17.9 Å². The summed E-state index contributed by atoms with van der Waals surface area (Å²) >= 11 is 0. The van der Waals surface area contributed by atoms with Crippen LogP contribution in [0.15, 0.2) is 52.6 Å². The van der Waals surface area contributed by atoms with E-state index in [1.165, 1.54) is 62.6 Å². The van der Waals surface area contributed by atoms with Crippen LogP contribution in [0.25, 0.3) is 0 Å². The molecule has 4 atom stereocenters. The SMILES string of the molecule is C=O.CCC1CC[NH+](Cc2cnc(C(c3ccccc3)C3CCCCC3)o2)CC1OCC=C(C)C.